The van der Waals surface area contributed by atoms with Gasteiger partial charge in [-0.15, -0.1) is 0 Å². The highest BCUT2D eigenvalue weighted by Gasteiger charge is 2.36. The third-order valence-corrected chi connectivity index (χ3v) is 5.91. The number of benzene rings is 1. The molecule has 156 valence electrons. The third-order valence-electron chi connectivity index (χ3n) is 4.76. The minimum atomic E-state index is -0.512. The van der Waals surface area contributed by atoms with Gasteiger partial charge in [0.1, 0.15) is 18.1 Å². The average molecular weight is 447 g/mol. The number of amides is 3. The number of carbonyl (C=O) groups is 3. The quantitative estimate of drug-likeness (QED) is 0.676. The van der Waals surface area contributed by atoms with Gasteiger partial charge < -0.3 is 14.5 Å². The number of carbonyl (C=O) groups excluding carboxylic acids is 3. The van der Waals surface area contributed by atoms with Crippen LogP contribution in [0.25, 0.3) is 17.4 Å². The molecule has 0 bridgehead atoms. The molecule has 0 unspecified atom stereocenters. The molecule has 2 saturated heterocycles. The van der Waals surface area contributed by atoms with Gasteiger partial charge in [0.05, 0.1) is 11.0 Å². The summed E-state index contributed by atoms with van der Waals surface area (Å²) in [5.41, 5.74) is 0.843. The van der Waals surface area contributed by atoms with Crippen LogP contribution >= 0.6 is 23.4 Å². The lowest BCUT2D eigenvalue weighted by Gasteiger charge is -2.14. The maximum Gasteiger partial charge on any atom is 0.294 e. The molecule has 9 heteroatoms. The number of nitrogens with one attached hydrogen (secondary N) is 1. The van der Waals surface area contributed by atoms with Crippen molar-refractivity contribution in [3.05, 3.63) is 52.1 Å². The van der Waals surface area contributed by atoms with Crippen molar-refractivity contribution in [2.24, 2.45) is 0 Å². The summed E-state index contributed by atoms with van der Waals surface area (Å²) in [6, 6.07) is 10.7. The molecule has 0 spiro atoms. The first-order chi connectivity index (χ1) is 14.5. The van der Waals surface area contributed by atoms with Gasteiger partial charge in [-0.1, -0.05) is 11.6 Å². The first-order valence-corrected chi connectivity index (χ1v) is 10.7. The molecule has 0 radical (unpaired) electrons. The Morgan fingerprint density at radius 1 is 1.23 bits per heavy atom. The summed E-state index contributed by atoms with van der Waals surface area (Å²) < 4.78 is 11.2. The summed E-state index contributed by atoms with van der Waals surface area (Å²) in [6.45, 7) is 0.759. The maximum atomic E-state index is 12.6. The molecule has 1 aromatic carbocycles. The maximum absolute atomic E-state index is 12.6. The first kappa shape index (κ1) is 20.7. The minimum Gasteiger partial charge on any atom is -0.457 e. The van der Waals surface area contributed by atoms with E-state index in [9.17, 15) is 14.4 Å². The normalized spacial score (nSPS) is 20.4. The zero-order valence-corrected chi connectivity index (χ0v) is 17.5. The van der Waals surface area contributed by atoms with Crippen LogP contribution in [0.4, 0.5) is 4.79 Å². The standard InChI is InChI=1S/C21H19ClN2O5S/c22-14-5-3-13(4-6-14)17-8-7-15(29-17)10-18-20(26)24(21(27)30-18)12-19(25)23-11-16-2-1-9-28-16/h3-8,10,16H,1-2,9,11-12H2,(H,23,25)/b18-10-/t16-/m1/s1. The monoisotopic (exact) mass is 446 g/mol. The fraction of sp³-hybridized carbons (Fsp3) is 0.286. The van der Waals surface area contributed by atoms with Gasteiger partial charge in [-0.05, 0) is 61.0 Å². The van der Waals surface area contributed by atoms with Gasteiger partial charge in [-0.2, -0.15) is 0 Å². The lowest BCUT2D eigenvalue weighted by molar-refractivity contribution is -0.129. The Morgan fingerprint density at radius 2 is 2.03 bits per heavy atom. The smallest absolute Gasteiger partial charge is 0.294 e. The molecule has 1 atom stereocenters. The lowest BCUT2D eigenvalue weighted by atomic mass is 10.2. The van der Waals surface area contributed by atoms with Crippen LogP contribution in [0.3, 0.4) is 0 Å². The highest BCUT2D eigenvalue weighted by molar-refractivity contribution is 8.18. The molecule has 2 aliphatic rings. The summed E-state index contributed by atoms with van der Waals surface area (Å²) in [4.78, 5) is 38.1. The van der Waals surface area contributed by atoms with Crippen LogP contribution in [0.5, 0.6) is 0 Å². The fourth-order valence-corrected chi connectivity index (χ4v) is 4.14. The zero-order chi connectivity index (χ0) is 21.1. The predicted octanol–water partition coefficient (Wildman–Crippen LogP) is 3.93. The molecule has 3 amide bonds. The Kier molecular flexibility index (Phi) is 6.26. The van der Waals surface area contributed by atoms with Crippen molar-refractivity contribution in [1.82, 2.24) is 10.2 Å². The van der Waals surface area contributed by atoms with Crippen molar-refractivity contribution in [3.8, 4) is 11.3 Å². The topological polar surface area (TPSA) is 88.9 Å². The van der Waals surface area contributed by atoms with Crippen LogP contribution in [0, 0.1) is 0 Å². The number of halogens is 1. The summed E-state index contributed by atoms with van der Waals surface area (Å²) in [7, 11) is 0. The molecule has 7 nitrogen and oxygen atoms in total. The highest BCUT2D eigenvalue weighted by atomic mass is 35.5. The number of rotatable bonds is 6. The Balaban J connectivity index is 1.39. The summed E-state index contributed by atoms with van der Waals surface area (Å²) >= 11 is 6.68. The predicted molar refractivity (Wildman–Crippen MR) is 114 cm³/mol. The molecule has 0 aliphatic carbocycles. The number of nitrogens with zero attached hydrogens (tertiary/aromatic N) is 1. The van der Waals surface area contributed by atoms with E-state index in [1.165, 1.54) is 6.08 Å². The number of thioether (sulfide) groups is 1. The molecule has 1 aromatic heterocycles. The van der Waals surface area contributed by atoms with Gasteiger partial charge in [0, 0.05) is 29.8 Å². The molecular formula is C21H19ClN2O5S. The van der Waals surface area contributed by atoms with Gasteiger partial charge in [-0.25, -0.2) is 0 Å². The van der Waals surface area contributed by atoms with Gasteiger partial charge >= 0.3 is 0 Å². The third kappa shape index (κ3) is 4.77. The van der Waals surface area contributed by atoms with E-state index in [0.717, 1.165) is 35.1 Å². The van der Waals surface area contributed by atoms with E-state index < -0.39 is 17.1 Å². The van der Waals surface area contributed by atoms with Crippen LogP contribution < -0.4 is 5.32 Å². The Bertz CT molecular complexity index is 995. The van der Waals surface area contributed by atoms with Crippen molar-refractivity contribution in [1.29, 1.82) is 0 Å². The van der Waals surface area contributed by atoms with Crippen LogP contribution in [-0.4, -0.2) is 47.8 Å². The fourth-order valence-electron chi connectivity index (χ4n) is 3.20. The number of ether oxygens (including phenoxy) is 1. The summed E-state index contributed by atoms with van der Waals surface area (Å²) in [5, 5.41) is 2.86. The molecule has 30 heavy (non-hydrogen) atoms. The minimum absolute atomic E-state index is 0.00227. The van der Waals surface area contributed by atoms with E-state index in [4.69, 9.17) is 20.8 Å². The second kappa shape index (κ2) is 9.07. The molecule has 4 rings (SSSR count). The van der Waals surface area contributed by atoms with Crippen molar-refractivity contribution in [2.75, 3.05) is 19.7 Å². The SMILES string of the molecule is O=C(CN1C(=O)S/C(=C\c2ccc(-c3ccc(Cl)cc3)o2)C1=O)NC[C@H]1CCCO1. The van der Waals surface area contributed by atoms with Gasteiger partial charge in [0.25, 0.3) is 11.1 Å². The second-order valence-corrected chi connectivity index (χ2v) is 8.35. The van der Waals surface area contributed by atoms with Crippen LogP contribution in [0.1, 0.15) is 18.6 Å². The molecule has 0 saturated carbocycles. The average Bonchev–Trinajstić information content (AvgIpc) is 3.46. The number of imide groups is 1. The molecule has 2 aromatic rings. The van der Waals surface area contributed by atoms with Gasteiger partial charge in [-0.3, -0.25) is 19.3 Å². The number of hydrogen-bond donors (Lipinski definition) is 1. The second-order valence-electron chi connectivity index (χ2n) is 6.92. The van der Waals surface area contributed by atoms with Crippen molar-refractivity contribution < 1.29 is 23.5 Å². The Morgan fingerprint density at radius 3 is 2.77 bits per heavy atom. The van der Waals surface area contributed by atoms with Crippen LogP contribution in [0.15, 0.2) is 45.7 Å². The van der Waals surface area contributed by atoms with E-state index in [0.29, 0.717) is 29.7 Å². The van der Waals surface area contributed by atoms with E-state index in [1.54, 1.807) is 24.3 Å². The molecule has 1 N–H and O–H groups in total. The Labute approximate surface area is 182 Å². The van der Waals surface area contributed by atoms with Gasteiger partial charge in [0.2, 0.25) is 5.91 Å². The number of hydrogen-bond acceptors (Lipinski definition) is 6. The summed E-state index contributed by atoms with van der Waals surface area (Å²) in [6.07, 6.45) is 3.37. The van der Waals surface area contributed by atoms with Gasteiger partial charge in [0.15, 0.2) is 0 Å². The van der Waals surface area contributed by atoms with E-state index >= 15 is 0 Å². The van der Waals surface area contributed by atoms with E-state index in [-0.39, 0.29) is 17.6 Å². The van der Waals surface area contributed by atoms with E-state index in [1.807, 2.05) is 12.1 Å². The molecule has 3 heterocycles. The van der Waals surface area contributed by atoms with Crippen molar-refractivity contribution in [3.63, 3.8) is 0 Å². The molecule has 2 aliphatic heterocycles. The highest BCUT2D eigenvalue weighted by Crippen LogP contribution is 2.33. The summed E-state index contributed by atoms with van der Waals surface area (Å²) in [5.74, 6) is 0.151. The zero-order valence-electron chi connectivity index (χ0n) is 15.9. The largest absolute Gasteiger partial charge is 0.457 e. The number of furan rings is 1. The van der Waals surface area contributed by atoms with Crippen molar-refractivity contribution in [2.45, 2.75) is 18.9 Å². The van der Waals surface area contributed by atoms with Crippen molar-refractivity contribution >= 4 is 46.5 Å². The van der Waals surface area contributed by atoms with Crippen LogP contribution in [-0.2, 0) is 14.3 Å². The molecular weight excluding hydrogens is 428 g/mol. The first-order valence-electron chi connectivity index (χ1n) is 9.49. The molecule has 2 fully saturated rings. The van der Waals surface area contributed by atoms with Crippen LogP contribution in [0.2, 0.25) is 5.02 Å². The lowest BCUT2D eigenvalue weighted by Crippen LogP contribution is -2.41. The van der Waals surface area contributed by atoms with E-state index in [2.05, 4.69) is 5.32 Å². The Hall–Kier alpha value is -2.55.